The van der Waals surface area contributed by atoms with Gasteiger partial charge in [-0.2, -0.15) is 0 Å². The largest absolute Gasteiger partial charge is 0.481 e. The minimum absolute atomic E-state index is 0.0524. The predicted octanol–water partition coefficient (Wildman–Crippen LogP) is 1.85. The zero-order chi connectivity index (χ0) is 13.9. The van der Waals surface area contributed by atoms with E-state index in [0.717, 1.165) is 9.87 Å². The molecule has 1 N–H and O–H groups in total. The first-order chi connectivity index (χ1) is 8.25. The average molecular weight is 336 g/mol. The van der Waals surface area contributed by atoms with Crippen molar-refractivity contribution in [3.8, 4) is 0 Å². The monoisotopic (exact) mass is 335 g/mol. The van der Waals surface area contributed by atoms with Crippen LogP contribution in [-0.2, 0) is 14.8 Å². The van der Waals surface area contributed by atoms with Crippen molar-refractivity contribution in [3.05, 3.63) is 28.2 Å². The van der Waals surface area contributed by atoms with Crippen molar-refractivity contribution in [2.75, 3.05) is 13.6 Å². The van der Waals surface area contributed by atoms with Crippen LogP contribution in [0.4, 0.5) is 0 Å². The standard InChI is InChI=1S/C11H14BrNO4S/c1-8-3-4-9(7-10(8)12)18(16,17)13(2)6-5-11(14)15/h3-4,7H,5-6H2,1-2H3,(H,14,15). The van der Waals surface area contributed by atoms with Crippen molar-refractivity contribution >= 4 is 31.9 Å². The number of halogens is 1. The molecule has 5 nitrogen and oxygen atoms in total. The number of hydrogen-bond acceptors (Lipinski definition) is 3. The second-order valence-electron chi connectivity index (χ2n) is 3.88. The Labute approximate surface area is 115 Å². The molecule has 0 aromatic heterocycles. The van der Waals surface area contributed by atoms with Crippen LogP contribution in [0.1, 0.15) is 12.0 Å². The van der Waals surface area contributed by atoms with Gasteiger partial charge >= 0.3 is 5.97 Å². The first kappa shape index (κ1) is 15.1. The summed E-state index contributed by atoms with van der Waals surface area (Å²) in [4.78, 5) is 10.6. The molecule has 0 saturated heterocycles. The van der Waals surface area contributed by atoms with Gasteiger partial charge in [0.1, 0.15) is 0 Å². The molecule has 100 valence electrons. The van der Waals surface area contributed by atoms with Crippen LogP contribution < -0.4 is 0 Å². The summed E-state index contributed by atoms with van der Waals surface area (Å²) in [6.45, 7) is 1.80. The van der Waals surface area contributed by atoms with E-state index in [-0.39, 0.29) is 17.9 Å². The summed E-state index contributed by atoms with van der Waals surface area (Å²) in [5.74, 6) is -1.03. The Hall–Kier alpha value is -0.920. The molecule has 0 atom stereocenters. The molecule has 0 spiro atoms. The van der Waals surface area contributed by atoms with E-state index in [9.17, 15) is 13.2 Å². The fraction of sp³-hybridized carbons (Fsp3) is 0.364. The van der Waals surface area contributed by atoms with Crippen molar-refractivity contribution in [1.82, 2.24) is 4.31 Å². The maximum Gasteiger partial charge on any atom is 0.304 e. The highest BCUT2D eigenvalue weighted by atomic mass is 79.9. The van der Waals surface area contributed by atoms with E-state index >= 15 is 0 Å². The molecule has 0 amide bonds. The molecular weight excluding hydrogens is 322 g/mol. The molecule has 0 aliphatic carbocycles. The smallest absolute Gasteiger partial charge is 0.304 e. The van der Waals surface area contributed by atoms with Gasteiger partial charge in [-0.3, -0.25) is 4.79 Å². The Balaban J connectivity index is 2.98. The van der Waals surface area contributed by atoms with Crippen molar-refractivity contribution in [3.63, 3.8) is 0 Å². The molecule has 1 rings (SSSR count). The van der Waals surface area contributed by atoms with Gasteiger partial charge in [0.15, 0.2) is 0 Å². The van der Waals surface area contributed by atoms with Crippen LogP contribution >= 0.6 is 15.9 Å². The second-order valence-corrected chi connectivity index (χ2v) is 6.78. The van der Waals surface area contributed by atoms with Crippen molar-refractivity contribution in [2.24, 2.45) is 0 Å². The summed E-state index contributed by atoms with van der Waals surface area (Å²) in [6.07, 6.45) is -0.219. The summed E-state index contributed by atoms with van der Waals surface area (Å²) in [5, 5.41) is 8.55. The zero-order valence-corrected chi connectivity index (χ0v) is 12.5. The SMILES string of the molecule is Cc1ccc(S(=O)(=O)N(C)CCC(=O)O)cc1Br. The fourth-order valence-electron chi connectivity index (χ4n) is 1.29. The minimum atomic E-state index is -3.63. The van der Waals surface area contributed by atoms with E-state index in [2.05, 4.69) is 15.9 Å². The molecule has 0 fully saturated rings. The Morgan fingerprint density at radius 2 is 2.06 bits per heavy atom. The maximum absolute atomic E-state index is 12.1. The number of aryl methyl sites for hydroxylation is 1. The molecular formula is C11H14BrNO4S. The fourth-order valence-corrected chi connectivity index (χ4v) is 3.02. The second kappa shape index (κ2) is 5.81. The van der Waals surface area contributed by atoms with Gasteiger partial charge in [0.05, 0.1) is 11.3 Å². The highest BCUT2D eigenvalue weighted by Crippen LogP contribution is 2.22. The van der Waals surface area contributed by atoms with Crippen LogP contribution in [0.15, 0.2) is 27.6 Å². The predicted molar refractivity (Wildman–Crippen MR) is 70.9 cm³/mol. The molecule has 0 bridgehead atoms. The molecule has 1 aromatic carbocycles. The van der Waals surface area contributed by atoms with E-state index in [1.807, 2.05) is 6.92 Å². The van der Waals surface area contributed by atoms with Gasteiger partial charge in [-0.1, -0.05) is 22.0 Å². The lowest BCUT2D eigenvalue weighted by Gasteiger charge is -2.16. The van der Waals surface area contributed by atoms with Gasteiger partial charge < -0.3 is 5.11 Å². The summed E-state index contributed by atoms with van der Waals surface area (Å²) >= 11 is 3.27. The molecule has 18 heavy (non-hydrogen) atoms. The number of sulfonamides is 1. The molecule has 7 heteroatoms. The van der Waals surface area contributed by atoms with E-state index in [1.54, 1.807) is 6.07 Å². The van der Waals surface area contributed by atoms with E-state index in [4.69, 9.17) is 5.11 Å². The Morgan fingerprint density at radius 3 is 2.56 bits per heavy atom. The maximum atomic E-state index is 12.1. The number of carboxylic acids is 1. The quantitative estimate of drug-likeness (QED) is 0.891. The topological polar surface area (TPSA) is 74.7 Å². The van der Waals surface area contributed by atoms with Crippen LogP contribution in [-0.4, -0.2) is 37.4 Å². The first-order valence-electron chi connectivity index (χ1n) is 5.19. The van der Waals surface area contributed by atoms with Gasteiger partial charge in [-0.05, 0) is 24.6 Å². The number of aliphatic carboxylic acids is 1. The number of nitrogens with zero attached hydrogens (tertiary/aromatic N) is 1. The summed E-state index contributed by atoms with van der Waals surface area (Å²) < 4.78 is 26.0. The number of rotatable bonds is 5. The summed E-state index contributed by atoms with van der Waals surface area (Å²) in [5.41, 5.74) is 0.933. The highest BCUT2D eigenvalue weighted by molar-refractivity contribution is 9.10. The van der Waals surface area contributed by atoms with Crippen LogP contribution in [0.5, 0.6) is 0 Å². The highest BCUT2D eigenvalue weighted by Gasteiger charge is 2.21. The minimum Gasteiger partial charge on any atom is -0.481 e. The number of carbonyl (C=O) groups is 1. The molecule has 0 saturated carbocycles. The van der Waals surface area contributed by atoms with Crippen molar-refractivity contribution in [1.29, 1.82) is 0 Å². The summed E-state index contributed by atoms with van der Waals surface area (Å²) in [7, 11) is -2.27. The molecule has 0 aliphatic heterocycles. The van der Waals surface area contributed by atoms with E-state index in [1.165, 1.54) is 19.2 Å². The lowest BCUT2D eigenvalue weighted by molar-refractivity contribution is -0.137. The normalized spacial score (nSPS) is 11.8. The van der Waals surface area contributed by atoms with Gasteiger partial charge in [-0.15, -0.1) is 0 Å². The molecule has 0 unspecified atom stereocenters. The molecule has 0 aliphatic rings. The zero-order valence-electron chi connectivity index (χ0n) is 10.1. The van der Waals surface area contributed by atoms with Gasteiger partial charge in [0.25, 0.3) is 0 Å². The van der Waals surface area contributed by atoms with E-state index in [0.29, 0.717) is 4.47 Å². The molecule has 0 radical (unpaired) electrons. The van der Waals surface area contributed by atoms with Crippen LogP contribution in [0, 0.1) is 6.92 Å². The van der Waals surface area contributed by atoms with E-state index < -0.39 is 16.0 Å². The third-order valence-corrected chi connectivity index (χ3v) is 5.20. The van der Waals surface area contributed by atoms with Crippen LogP contribution in [0.25, 0.3) is 0 Å². The third-order valence-electron chi connectivity index (χ3n) is 2.49. The number of carboxylic acid groups (broad SMARTS) is 1. The lowest BCUT2D eigenvalue weighted by atomic mass is 10.2. The molecule has 1 aromatic rings. The van der Waals surface area contributed by atoms with Crippen LogP contribution in [0.3, 0.4) is 0 Å². The average Bonchev–Trinajstić information content (AvgIpc) is 2.29. The van der Waals surface area contributed by atoms with Crippen molar-refractivity contribution in [2.45, 2.75) is 18.2 Å². The van der Waals surface area contributed by atoms with Gasteiger partial charge in [0, 0.05) is 18.1 Å². The van der Waals surface area contributed by atoms with Gasteiger partial charge in [-0.25, -0.2) is 12.7 Å². The van der Waals surface area contributed by atoms with Crippen molar-refractivity contribution < 1.29 is 18.3 Å². The Bertz CT molecular complexity index is 556. The number of benzene rings is 1. The number of hydrogen-bond donors (Lipinski definition) is 1. The van der Waals surface area contributed by atoms with Crippen LogP contribution in [0.2, 0.25) is 0 Å². The third kappa shape index (κ3) is 3.54. The van der Waals surface area contributed by atoms with Gasteiger partial charge in [0.2, 0.25) is 10.0 Å². The summed E-state index contributed by atoms with van der Waals surface area (Å²) in [6, 6.07) is 4.72. The Morgan fingerprint density at radius 1 is 1.44 bits per heavy atom. The molecule has 0 heterocycles. The lowest BCUT2D eigenvalue weighted by Crippen LogP contribution is -2.29. The Kier molecular flexibility index (Phi) is 4.89. The first-order valence-corrected chi connectivity index (χ1v) is 7.42.